The molecule has 0 rings (SSSR count). The van der Waals surface area contributed by atoms with Gasteiger partial charge in [0.2, 0.25) is 0 Å². The summed E-state index contributed by atoms with van der Waals surface area (Å²) in [4.78, 5) is 0. The minimum atomic E-state index is 0. The van der Waals surface area contributed by atoms with Gasteiger partial charge >= 0.3 is 29.6 Å². The van der Waals surface area contributed by atoms with Gasteiger partial charge in [0.05, 0.1) is 6.61 Å². The molecule has 0 bridgehead atoms. The van der Waals surface area contributed by atoms with E-state index < -0.39 is 0 Å². The Kier molecular flexibility index (Phi) is 15.1. The van der Waals surface area contributed by atoms with Crippen LogP contribution in [0.2, 0.25) is 0 Å². The summed E-state index contributed by atoms with van der Waals surface area (Å²) in [6, 6.07) is 0. The molecule has 1 N–H and O–H groups in total. The van der Waals surface area contributed by atoms with Crippen molar-refractivity contribution in [1.29, 1.82) is 0 Å². The summed E-state index contributed by atoms with van der Waals surface area (Å²) in [5.74, 6) is 0. The van der Waals surface area contributed by atoms with Crippen LogP contribution in [0.4, 0.5) is 0 Å². The van der Waals surface area contributed by atoms with E-state index in [9.17, 15) is 0 Å². The van der Waals surface area contributed by atoms with E-state index in [1.165, 1.54) is 0 Å². The number of hydrogen-bond acceptors (Lipinski definition) is 1. The monoisotopic (exact) mass is 96.1 g/mol. The van der Waals surface area contributed by atoms with Crippen LogP contribution in [0.15, 0.2) is 12.2 Å². The van der Waals surface area contributed by atoms with Gasteiger partial charge in [-0.2, -0.15) is 0 Å². The average molecular weight is 96.1 g/mol. The quantitative estimate of drug-likeness (QED) is 0.357. The summed E-state index contributed by atoms with van der Waals surface area (Å²) in [7, 11) is 0. The standard InChI is InChI=1S/C4H8O.Na.H/c1-2-3-4-5;;/h2-3,5H,4H2,1H3;;. The zero-order valence-corrected chi connectivity index (χ0v) is 3.31. The molecule has 0 spiro atoms. The van der Waals surface area contributed by atoms with Gasteiger partial charge in [0.25, 0.3) is 0 Å². The van der Waals surface area contributed by atoms with Crippen LogP contribution in [0.1, 0.15) is 6.92 Å². The molecular weight excluding hydrogens is 87.0 g/mol. The first-order valence-corrected chi connectivity index (χ1v) is 1.64. The normalized spacial score (nSPS) is 8.33. The van der Waals surface area contributed by atoms with Crippen molar-refractivity contribution in [3.63, 3.8) is 0 Å². The summed E-state index contributed by atoms with van der Waals surface area (Å²) >= 11 is 0. The molecule has 0 fully saturated rings. The molecule has 0 aromatic carbocycles. The number of allylic oxidation sites excluding steroid dienone is 1. The molecule has 0 amide bonds. The van der Waals surface area contributed by atoms with Crippen LogP contribution in [0.3, 0.4) is 0 Å². The zero-order valence-electron chi connectivity index (χ0n) is 3.31. The fourth-order valence-corrected chi connectivity index (χ4v) is 0.105. The second-order valence-corrected chi connectivity index (χ2v) is 0.752. The Bertz CT molecular complexity index is 34.5. The number of aliphatic hydroxyl groups excluding tert-OH is 1. The first kappa shape index (κ1) is 9.85. The number of aliphatic hydroxyl groups is 1. The van der Waals surface area contributed by atoms with Gasteiger partial charge in [-0.15, -0.1) is 0 Å². The Morgan fingerprint density at radius 1 is 1.67 bits per heavy atom. The van der Waals surface area contributed by atoms with Crippen LogP contribution in [-0.4, -0.2) is 41.3 Å². The fourth-order valence-electron chi connectivity index (χ4n) is 0.105. The van der Waals surface area contributed by atoms with Crippen LogP contribution >= 0.6 is 0 Å². The third kappa shape index (κ3) is 8.83. The third-order valence-corrected chi connectivity index (χ3v) is 0.341. The van der Waals surface area contributed by atoms with Gasteiger partial charge in [0.15, 0.2) is 0 Å². The van der Waals surface area contributed by atoms with E-state index in [4.69, 9.17) is 5.11 Å². The molecule has 0 saturated heterocycles. The van der Waals surface area contributed by atoms with Crippen LogP contribution < -0.4 is 0 Å². The summed E-state index contributed by atoms with van der Waals surface area (Å²) in [6.07, 6.45) is 3.49. The molecular formula is C4H9NaO. The van der Waals surface area contributed by atoms with Crippen molar-refractivity contribution in [3.8, 4) is 0 Å². The summed E-state index contributed by atoms with van der Waals surface area (Å²) in [5.41, 5.74) is 0. The Morgan fingerprint density at radius 3 is 2.17 bits per heavy atom. The van der Waals surface area contributed by atoms with E-state index in [0.717, 1.165) is 0 Å². The maximum atomic E-state index is 7.98. The number of hydrogen-bond donors (Lipinski definition) is 1. The molecule has 0 aromatic rings. The van der Waals surface area contributed by atoms with Gasteiger partial charge in [-0.05, 0) is 6.92 Å². The molecule has 2 heteroatoms. The fraction of sp³-hybridized carbons (Fsp3) is 0.500. The van der Waals surface area contributed by atoms with Gasteiger partial charge in [-0.25, -0.2) is 0 Å². The molecule has 0 atom stereocenters. The molecule has 0 heterocycles. The van der Waals surface area contributed by atoms with Crippen molar-refractivity contribution >= 4 is 29.6 Å². The van der Waals surface area contributed by atoms with E-state index in [2.05, 4.69) is 0 Å². The SMILES string of the molecule is CC=CCO.[NaH]. The first-order chi connectivity index (χ1) is 2.41. The van der Waals surface area contributed by atoms with Crippen LogP contribution in [0.5, 0.6) is 0 Å². The summed E-state index contributed by atoms with van der Waals surface area (Å²) < 4.78 is 0. The van der Waals surface area contributed by atoms with Crippen molar-refractivity contribution < 1.29 is 5.11 Å². The zero-order chi connectivity index (χ0) is 4.12. The van der Waals surface area contributed by atoms with Crippen molar-refractivity contribution in [2.45, 2.75) is 6.92 Å². The van der Waals surface area contributed by atoms with Crippen molar-refractivity contribution in [3.05, 3.63) is 12.2 Å². The second-order valence-electron chi connectivity index (χ2n) is 0.752. The molecule has 0 saturated carbocycles. The van der Waals surface area contributed by atoms with Crippen LogP contribution in [-0.2, 0) is 0 Å². The summed E-state index contributed by atoms with van der Waals surface area (Å²) in [5, 5.41) is 7.98. The molecule has 0 aliphatic heterocycles. The van der Waals surface area contributed by atoms with Gasteiger partial charge < -0.3 is 5.11 Å². The molecule has 1 nitrogen and oxygen atoms in total. The Hall–Kier alpha value is 0.700. The van der Waals surface area contributed by atoms with E-state index in [0.29, 0.717) is 0 Å². The molecule has 0 aromatic heterocycles. The molecule has 6 heavy (non-hydrogen) atoms. The molecule has 0 aliphatic carbocycles. The average Bonchev–Trinajstić information content (AvgIpc) is 1.41. The minimum absolute atomic E-state index is 0. The van der Waals surface area contributed by atoms with E-state index in [1.54, 1.807) is 12.2 Å². The molecule has 0 unspecified atom stereocenters. The first-order valence-electron chi connectivity index (χ1n) is 1.64. The van der Waals surface area contributed by atoms with Crippen molar-refractivity contribution in [2.24, 2.45) is 0 Å². The van der Waals surface area contributed by atoms with Gasteiger partial charge in [0.1, 0.15) is 0 Å². The third-order valence-electron chi connectivity index (χ3n) is 0.341. The van der Waals surface area contributed by atoms with Crippen molar-refractivity contribution in [1.82, 2.24) is 0 Å². The van der Waals surface area contributed by atoms with E-state index >= 15 is 0 Å². The van der Waals surface area contributed by atoms with Gasteiger partial charge in [-0.1, -0.05) is 12.2 Å². The van der Waals surface area contributed by atoms with Gasteiger partial charge in [0, 0.05) is 0 Å². The molecule has 0 radical (unpaired) electrons. The predicted octanol–water partition coefficient (Wildman–Crippen LogP) is -0.0937. The molecule has 32 valence electrons. The Balaban J connectivity index is 0. The predicted molar refractivity (Wildman–Crippen MR) is 29.0 cm³/mol. The maximum absolute atomic E-state index is 7.98. The van der Waals surface area contributed by atoms with Crippen molar-refractivity contribution in [2.75, 3.05) is 6.61 Å². The van der Waals surface area contributed by atoms with Crippen LogP contribution in [0, 0.1) is 0 Å². The van der Waals surface area contributed by atoms with E-state index in [1.807, 2.05) is 6.92 Å². The summed E-state index contributed by atoms with van der Waals surface area (Å²) in [6.45, 7) is 2.03. The Morgan fingerprint density at radius 2 is 2.17 bits per heavy atom. The van der Waals surface area contributed by atoms with Gasteiger partial charge in [-0.3, -0.25) is 0 Å². The number of rotatable bonds is 1. The van der Waals surface area contributed by atoms with Crippen LogP contribution in [0.25, 0.3) is 0 Å². The second kappa shape index (κ2) is 9.20. The Labute approximate surface area is 60.4 Å². The van der Waals surface area contributed by atoms with E-state index in [-0.39, 0.29) is 36.2 Å². The topological polar surface area (TPSA) is 20.2 Å². The molecule has 0 aliphatic rings.